The lowest BCUT2D eigenvalue weighted by Crippen LogP contribution is -2.13. The number of nitro groups is 1. The molecule has 1 aromatic carbocycles. The molecule has 134 valence electrons. The van der Waals surface area contributed by atoms with Crippen molar-refractivity contribution in [1.29, 1.82) is 0 Å². The van der Waals surface area contributed by atoms with Crippen molar-refractivity contribution in [1.82, 2.24) is 14.5 Å². The van der Waals surface area contributed by atoms with Crippen LogP contribution < -0.4 is 4.90 Å². The van der Waals surface area contributed by atoms with E-state index in [1.54, 1.807) is 10.8 Å². The molecule has 0 aliphatic carbocycles. The Labute approximate surface area is 152 Å². The fraction of sp³-hybridized carbons (Fsp3) is 0.176. The van der Waals surface area contributed by atoms with Crippen LogP contribution >= 0.6 is 0 Å². The van der Waals surface area contributed by atoms with Gasteiger partial charge in [0.05, 0.1) is 21.5 Å². The first-order chi connectivity index (χ1) is 12.5. The van der Waals surface area contributed by atoms with Gasteiger partial charge in [0.15, 0.2) is 0 Å². The zero-order valence-corrected chi connectivity index (χ0v) is 15.1. The van der Waals surface area contributed by atoms with Crippen LogP contribution in [0.3, 0.4) is 0 Å². The molecular formula is C17H17N5O3S. The summed E-state index contributed by atoms with van der Waals surface area (Å²) in [6, 6.07) is 10.6. The first-order valence-corrected chi connectivity index (χ1v) is 9.07. The lowest BCUT2D eigenvalue weighted by atomic mass is 10.2. The van der Waals surface area contributed by atoms with Crippen LogP contribution in [-0.2, 0) is 16.6 Å². The van der Waals surface area contributed by atoms with Gasteiger partial charge in [-0.2, -0.15) is 0 Å². The maximum atomic E-state index is 12.9. The van der Waals surface area contributed by atoms with Crippen molar-refractivity contribution in [3.8, 4) is 5.82 Å². The lowest BCUT2D eigenvalue weighted by molar-refractivity contribution is -0.385. The standard InChI is InChI=1S/C17H17N5O3S/c1-20(2)15-6-4-3-5-13(15)12-26(25)17-18-9-10-21(17)16-8-7-14(11-19-16)22(23)24/h3-11H,12H2,1-2H3. The molecule has 3 aromatic rings. The summed E-state index contributed by atoms with van der Waals surface area (Å²) in [5.74, 6) is 0.732. The van der Waals surface area contributed by atoms with Gasteiger partial charge in [-0.15, -0.1) is 0 Å². The molecule has 0 aliphatic heterocycles. The van der Waals surface area contributed by atoms with Crippen LogP contribution in [0.15, 0.2) is 60.1 Å². The molecule has 1 atom stereocenters. The van der Waals surface area contributed by atoms with E-state index in [0.717, 1.165) is 11.3 Å². The van der Waals surface area contributed by atoms with E-state index >= 15 is 0 Å². The zero-order valence-electron chi connectivity index (χ0n) is 14.3. The topological polar surface area (TPSA) is 94.2 Å². The molecule has 2 aromatic heterocycles. The number of anilines is 1. The van der Waals surface area contributed by atoms with Crippen molar-refractivity contribution in [2.75, 3.05) is 19.0 Å². The smallest absolute Gasteiger partial charge is 0.287 e. The van der Waals surface area contributed by atoms with Crippen LogP contribution in [0.2, 0.25) is 0 Å². The van der Waals surface area contributed by atoms with Crippen molar-refractivity contribution in [2.24, 2.45) is 0 Å². The quantitative estimate of drug-likeness (QED) is 0.488. The molecule has 0 aliphatic rings. The molecule has 1 unspecified atom stereocenters. The van der Waals surface area contributed by atoms with Gasteiger partial charge in [0.1, 0.15) is 12.0 Å². The molecule has 9 heteroatoms. The fourth-order valence-electron chi connectivity index (χ4n) is 2.54. The van der Waals surface area contributed by atoms with Gasteiger partial charge >= 0.3 is 0 Å². The van der Waals surface area contributed by atoms with Gasteiger partial charge in [0, 0.05) is 38.2 Å². The van der Waals surface area contributed by atoms with Crippen LogP contribution in [0.5, 0.6) is 0 Å². The molecular weight excluding hydrogens is 354 g/mol. The molecule has 3 rings (SSSR count). The van der Waals surface area contributed by atoms with Crippen molar-refractivity contribution in [2.45, 2.75) is 10.9 Å². The van der Waals surface area contributed by atoms with E-state index in [9.17, 15) is 14.3 Å². The van der Waals surface area contributed by atoms with Crippen LogP contribution in [0.25, 0.3) is 5.82 Å². The third-order valence-electron chi connectivity index (χ3n) is 3.76. The SMILES string of the molecule is CN(C)c1ccccc1CS(=O)c1nccn1-c1ccc([N+](=O)[O-])cn1. The van der Waals surface area contributed by atoms with Crippen molar-refractivity contribution in [3.63, 3.8) is 0 Å². The van der Waals surface area contributed by atoms with E-state index in [1.165, 1.54) is 24.5 Å². The number of para-hydroxylation sites is 1. The summed E-state index contributed by atoms with van der Waals surface area (Å²) >= 11 is 0. The number of aromatic nitrogens is 3. The van der Waals surface area contributed by atoms with Crippen LogP contribution in [0.1, 0.15) is 5.56 Å². The Bertz CT molecular complexity index is 953. The van der Waals surface area contributed by atoms with E-state index in [1.807, 2.05) is 43.3 Å². The number of imidazole rings is 1. The monoisotopic (exact) mass is 371 g/mol. The number of hydrogen-bond acceptors (Lipinski definition) is 6. The minimum atomic E-state index is -1.40. The number of rotatable bonds is 6. The summed E-state index contributed by atoms with van der Waals surface area (Å²) in [5, 5.41) is 11.1. The van der Waals surface area contributed by atoms with Gasteiger partial charge in [0.2, 0.25) is 5.16 Å². The molecule has 8 nitrogen and oxygen atoms in total. The maximum Gasteiger partial charge on any atom is 0.287 e. The first kappa shape index (κ1) is 17.7. The number of hydrogen-bond donors (Lipinski definition) is 0. The Morgan fingerprint density at radius 3 is 2.62 bits per heavy atom. The van der Waals surface area contributed by atoms with E-state index < -0.39 is 15.7 Å². The number of nitrogens with zero attached hydrogens (tertiary/aromatic N) is 5. The van der Waals surface area contributed by atoms with Crippen molar-refractivity contribution >= 4 is 22.2 Å². The molecule has 2 heterocycles. The Balaban J connectivity index is 1.89. The molecule has 0 radical (unpaired) electrons. The first-order valence-electron chi connectivity index (χ1n) is 7.75. The van der Waals surface area contributed by atoms with Gasteiger partial charge in [-0.25, -0.2) is 9.97 Å². The minimum absolute atomic E-state index is 0.101. The molecule has 26 heavy (non-hydrogen) atoms. The molecule has 0 saturated carbocycles. The summed E-state index contributed by atoms with van der Waals surface area (Å²) in [6.45, 7) is 0. The van der Waals surface area contributed by atoms with E-state index in [0.29, 0.717) is 16.7 Å². The van der Waals surface area contributed by atoms with Crippen molar-refractivity contribution < 1.29 is 9.13 Å². The molecule has 0 amide bonds. The van der Waals surface area contributed by atoms with Crippen LogP contribution in [0, 0.1) is 10.1 Å². The maximum absolute atomic E-state index is 12.9. The summed E-state index contributed by atoms with van der Waals surface area (Å²) in [6.07, 6.45) is 4.34. The van der Waals surface area contributed by atoms with E-state index in [4.69, 9.17) is 0 Å². The summed E-state index contributed by atoms with van der Waals surface area (Å²) in [4.78, 5) is 20.5. The second-order valence-electron chi connectivity index (χ2n) is 5.72. The predicted molar refractivity (Wildman–Crippen MR) is 98.9 cm³/mol. The summed E-state index contributed by atoms with van der Waals surface area (Å²) in [7, 11) is 2.46. The van der Waals surface area contributed by atoms with Gasteiger partial charge in [-0.1, -0.05) is 18.2 Å². The number of pyridine rings is 1. The predicted octanol–water partition coefficient (Wildman–Crippen LogP) is 2.55. The molecule has 0 fully saturated rings. The zero-order chi connectivity index (χ0) is 18.7. The van der Waals surface area contributed by atoms with E-state index in [-0.39, 0.29) is 5.69 Å². The Morgan fingerprint density at radius 1 is 1.19 bits per heavy atom. The molecule has 0 spiro atoms. The average Bonchev–Trinajstić information content (AvgIpc) is 3.12. The highest BCUT2D eigenvalue weighted by Gasteiger charge is 2.17. The van der Waals surface area contributed by atoms with Gasteiger partial charge in [-0.05, 0) is 17.7 Å². The van der Waals surface area contributed by atoms with Gasteiger partial charge < -0.3 is 4.90 Å². The van der Waals surface area contributed by atoms with Gasteiger partial charge in [0.25, 0.3) is 5.69 Å². The lowest BCUT2D eigenvalue weighted by Gasteiger charge is -2.17. The highest BCUT2D eigenvalue weighted by Crippen LogP contribution is 2.22. The Kier molecular flexibility index (Phi) is 5.08. The minimum Gasteiger partial charge on any atom is -0.377 e. The van der Waals surface area contributed by atoms with Crippen molar-refractivity contribution in [3.05, 3.63) is 70.7 Å². The Morgan fingerprint density at radius 2 is 1.96 bits per heavy atom. The average molecular weight is 371 g/mol. The van der Waals surface area contributed by atoms with Crippen LogP contribution in [-0.4, -0.2) is 37.8 Å². The largest absolute Gasteiger partial charge is 0.377 e. The highest BCUT2D eigenvalue weighted by atomic mass is 32.2. The normalized spacial score (nSPS) is 11.9. The molecule has 0 N–H and O–H groups in total. The Hall–Kier alpha value is -3.07. The highest BCUT2D eigenvalue weighted by molar-refractivity contribution is 7.84. The van der Waals surface area contributed by atoms with E-state index in [2.05, 4.69) is 9.97 Å². The third-order valence-corrected chi connectivity index (χ3v) is 5.04. The number of benzene rings is 1. The molecule has 0 saturated heterocycles. The second kappa shape index (κ2) is 7.44. The summed E-state index contributed by atoms with van der Waals surface area (Å²) < 4.78 is 14.5. The second-order valence-corrected chi connectivity index (χ2v) is 7.07. The summed E-state index contributed by atoms with van der Waals surface area (Å²) in [5.41, 5.74) is 1.84. The molecule has 0 bridgehead atoms. The van der Waals surface area contributed by atoms with Gasteiger partial charge in [-0.3, -0.25) is 18.9 Å². The third kappa shape index (κ3) is 3.62. The fourth-order valence-corrected chi connectivity index (χ4v) is 3.74. The van der Waals surface area contributed by atoms with Crippen LogP contribution in [0.4, 0.5) is 11.4 Å².